The van der Waals surface area contributed by atoms with Crippen LogP contribution in [-0.2, 0) is 11.8 Å². The Morgan fingerprint density at radius 1 is 0.977 bits per heavy atom. The van der Waals surface area contributed by atoms with Gasteiger partial charge in [0.15, 0.2) is 5.78 Å². The predicted molar refractivity (Wildman–Crippen MR) is 170 cm³/mol. The fraction of sp³-hybridized carbons (Fsp3) is 0.139. The van der Waals surface area contributed by atoms with Crippen molar-refractivity contribution in [3.8, 4) is 17.2 Å². The first kappa shape index (κ1) is 26.3. The van der Waals surface area contributed by atoms with Crippen LogP contribution in [0.25, 0.3) is 32.9 Å². The zero-order valence-corrected chi connectivity index (χ0v) is 23.6. The number of nitrogens with zero attached hydrogens (tertiary/aromatic N) is 5. The Kier molecular flexibility index (Phi) is 6.72. The van der Waals surface area contributed by atoms with E-state index < -0.39 is 0 Å². The Morgan fingerprint density at radius 3 is 2.42 bits per heavy atom. The van der Waals surface area contributed by atoms with Crippen molar-refractivity contribution in [2.45, 2.75) is 6.42 Å². The lowest BCUT2D eigenvalue weighted by atomic mass is 9.98. The first-order valence-corrected chi connectivity index (χ1v) is 14.3. The number of ketones is 1. The molecule has 7 rings (SSSR count). The highest BCUT2D eigenvalue weighted by Gasteiger charge is 2.42. The van der Waals surface area contributed by atoms with E-state index in [1.807, 2.05) is 78.7 Å². The monoisotopic (exact) mass is 560 g/mol. The molecule has 0 unspecified atom stereocenters. The minimum absolute atomic E-state index is 0.0473. The number of nitriles is 1. The quantitative estimate of drug-likeness (QED) is 0.200. The van der Waals surface area contributed by atoms with Gasteiger partial charge in [-0.1, -0.05) is 60.7 Å². The number of anilines is 1. The van der Waals surface area contributed by atoms with Crippen molar-refractivity contribution in [3.63, 3.8) is 0 Å². The largest absolute Gasteiger partial charge is 0.363 e. The number of hydrogen-bond acceptors (Lipinski definition) is 6. The van der Waals surface area contributed by atoms with Gasteiger partial charge in [0.2, 0.25) is 0 Å². The number of rotatable bonds is 8. The molecule has 3 aromatic heterocycles. The minimum Gasteiger partial charge on any atom is -0.363 e. The molecule has 2 atom stereocenters. The summed E-state index contributed by atoms with van der Waals surface area (Å²) in [6.45, 7) is 0.146. The maximum atomic E-state index is 12.6. The molecule has 1 N–H and O–H groups in total. The van der Waals surface area contributed by atoms with Crippen molar-refractivity contribution < 1.29 is 4.79 Å². The van der Waals surface area contributed by atoms with Gasteiger partial charge in [-0.05, 0) is 53.3 Å². The molecule has 1 aliphatic carbocycles. The van der Waals surface area contributed by atoms with E-state index in [1.54, 1.807) is 0 Å². The van der Waals surface area contributed by atoms with Crippen LogP contribution in [0.3, 0.4) is 0 Å². The molecule has 0 saturated heterocycles. The van der Waals surface area contributed by atoms with E-state index in [1.165, 1.54) is 0 Å². The number of carbonyl (C=O) groups is 1. The Balaban J connectivity index is 1.38. The van der Waals surface area contributed by atoms with Crippen molar-refractivity contribution in [1.82, 2.24) is 14.5 Å². The van der Waals surface area contributed by atoms with Gasteiger partial charge in [0, 0.05) is 53.5 Å². The number of aliphatic imine (C=N–C) groups is 1. The van der Waals surface area contributed by atoms with E-state index in [0.717, 1.165) is 55.5 Å². The van der Waals surface area contributed by atoms with Gasteiger partial charge in [-0.2, -0.15) is 5.26 Å². The number of pyridine rings is 2. The van der Waals surface area contributed by atoms with Gasteiger partial charge >= 0.3 is 0 Å². The lowest BCUT2D eigenvalue weighted by Gasteiger charge is -2.13. The summed E-state index contributed by atoms with van der Waals surface area (Å²) in [5.41, 5.74) is 6.66. The summed E-state index contributed by atoms with van der Waals surface area (Å²) in [6.07, 6.45) is 6.32. The molecule has 0 bridgehead atoms. The van der Waals surface area contributed by atoms with Gasteiger partial charge in [-0.3, -0.25) is 4.79 Å². The van der Waals surface area contributed by atoms with Gasteiger partial charge in [-0.15, -0.1) is 0 Å². The van der Waals surface area contributed by atoms with Crippen molar-refractivity contribution in [2.75, 3.05) is 11.9 Å². The molecule has 43 heavy (non-hydrogen) atoms. The molecule has 7 nitrogen and oxygen atoms in total. The number of Topliss-reactive ketones (excluding diaryl/α,β-unsaturated/α-hetero) is 1. The molecule has 7 heteroatoms. The summed E-state index contributed by atoms with van der Waals surface area (Å²) in [5, 5.41) is 15.2. The number of fused-ring (bicyclic) bond motifs is 2. The lowest BCUT2D eigenvalue weighted by Crippen LogP contribution is -2.16. The first-order valence-electron chi connectivity index (χ1n) is 14.3. The molecule has 0 radical (unpaired) electrons. The molecule has 0 amide bonds. The van der Waals surface area contributed by atoms with Crippen molar-refractivity contribution in [2.24, 2.45) is 23.9 Å². The zero-order chi connectivity index (χ0) is 29.3. The van der Waals surface area contributed by atoms with E-state index >= 15 is 0 Å². The number of aryl methyl sites for hydroxylation is 1. The minimum atomic E-state index is -0.167. The fourth-order valence-electron chi connectivity index (χ4n) is 5.61. The van der Waals surface area contributed by atoms with Gasteiger partial charge in [0.05, 0.1) is 29.9 Å². The van der Waals surface area contributed by atoms with Crippen LogP contribution in [0.5, 0.6) is 0 Å². The predicted octanol–water partition coefficient (Wildman–Crippen LogP) is 7.10. The smallest absolute Gasteiger partial charge is 0.156 e. The molecule has 1 fully saturated rings. The number of benzene rings is 3. The van der Waals surface area contributed by atoms with Crippen molar-refractivity contribution >= 4 is 44.8 Å². The highest BCUT2D eigenvalue weighted by atomic mass is 16.1. The highest BCUT2D eigenvalue weighted by Crippen LogP contribution is 2.39. The third-order valence-electron chi connectivity index (χ3n) is 8.03. The fourth-order valence-corrected chi connectivity index (χ4v) is 5.61. The maximum absolute atomic E-state index is 12.6. The standard InChI is InChI=1S/C36H28N6O/c1-42-15-13-29-28(12-14-38-36(29)42)25-16-26-19-34(40-22-33(43)30-17-27(30)20-37)39-21-31(26)32(18-25)41-35(23-8-4-2-5-9-23)24-10-6-3-7-11-24/h2-16,18-19,21,27,30H,17,22H2,1H3,(H,39,40)/t27-,30+/m1/s1. The van der Waals surface area contributed by atoms with Crippen molar-refractivity contribution in [3.05, 3.63) is 121 Å². The van der Waals surface area contributed by atoms with E-state index in [-0.39, 0.29) is 24.2 Å². The van der Waals surface area contributed by atoms with Crippen LogP contribution in [0.2, 0.25) is 0 Å². The average Bonchev–Trinajstić information content (AvgIpc) is 3.76. The summed E-state index contributed by atoms with van der Waals surface area (Å²) in [6, 6.07) is 32.9. The van der Waals surface area contributed by atoms with Crippen LogP contribution in [0.1, 0.15) is 17.5 Å². The van der Waals surface area contributed by atoms with Gasteiger partial charge in [0.1, 0.15) is 11.5 Å². The van der Waals surface area contributed by atoms with E-state index in [9.17, 15) is 4.79 Å². The summed E-state index contributed by atoms with van der Waals surface area (Å²) in [5.74, 6) is 0.333. The topological polar surface area (TPSA) is 96.0 Å². The summed E-state index contributed by atoms with van der Waals surface area (Å²) >= 11 is 0. The summed E-state index contributed by atoms with van der Waals surface area (Å²) in [4.78, 5) is 27.1. The third kappa shape index (κ3) is 5.15. The second-order valence-corrected chi connectivity index (χ2v) is 10.9. The normalized spacial score (nSPS) is 15.6. The molecule has 1 saturated carbocycles. The molecular weight excluding hydrogens is 532 g/mol. The Bertz CT molecular complexity index is 2020. The summed E-state index contributed by atoms with van der Waals surface area (Å²) in [7, 11) is 1.99. The summed E-state index contributed by atoms with van der Waals surface area (Å²) < 4.78 is 2.02. The van der Waals surface area contributed by atoms with E-state index in [4.69, 9.17) is 10.3 Å². The van der Waals surface area contributed by atoms with E-state index in [2.05, 4.69) is 63.8 Å². The van der Waals surface area contributed by atoms with Crippen LogP contribution >= 0.6 is 0 Å². The average molecular weight is 561 g/mol. The first-order chi connectivity index (χ1) is 21.1. The van der Waals surface area contributed by atoms with Crippen LogP contribution < -0.4 is 5.32 Å². The van der Waals surface area contributed by atoms with Crippen LogP contribution in [0.4, 0.5) is 11.5 Å². The highest BCUT2D eigenvalue weighted by molar-refractivity contribution is 6.15. The second-order valence-electron chi connectivity index (χ2n) is 10.9. The number of carbonyl (C=O) groups excluding carboxylic acids is 1. The molecule has 6 aromatic rings. The molecule has 0 spiro atoms. The third-order valence-corrected chi connectivity index (χ3v) is 8.03. The van der Waals surface area contributed by atoms with Crippen molar-refractivity contribution in [1.29, 1.82) is 5.26 Å². The number of aromatic nitrogens is 3. The van der Waals surface area contributed by atoms with Gasteiger partial charge in [-0.25, -0.2) is 15.0 Å². The lowest BCUT2D eigenvalue weighted by molar-refractivity contribution is -0.118. The number of hydrogen-bond donors (Lipinski definition) is 1. The molecule has 3 aromatic carbocycles. The maximum Gasteiger partial charge on any atom is 0.156 e. The van der Waals surface area contributed by atoms with Crippen LogP contribution in [0.15, 0.2) is 115 Å². The molecule has 1 aliphatic rings. The van der Waals surface area contributed by atoms with E-state index in [0.29, 0.717) is 12.2 Å². The van der Waals surface area contributed by atoms with Gasteiger partial charge < -0.3 is 9.88 Å². The second kappa shape index (κ2) is 11.0. The molecule has 0 aliphatic heterocycles. The Labute approximate surface area is 249 Å². The molecular formula is C36H28N6O. The Hall–Kier alpha value is -5.61. The Morgan fingerprint density at radius 2 is 1.72 bits per heavy atom. The van der Waals surface area contributed by atoms with Crippen LogP contribution in [0, 0.1) is 23.2 Å². The number of nitrogens with one attached hydrogen (secondary N) is 1. The SMILES string of the molecule is Cn1ccc2c(-c3cc(N=C(c4ccccc4)c4ccccc4)c4cnc(NCC(=O)[C@H]5C[C@@H]5C#N)cc4c3)ccnc21. The molecule has 3 heterocycles. The van der Waals surface area contributed by atoms with Crippen LogP contribution in [-0.4, -0.2) is 32.6 Å². The van der Waals surface area contributed by atoms with Gasteiger partial charge in [0.25, 0.3) is 0 Å². The zero-order valence-electron chi connectivity index (χ0n) is 23.6. The molecule has 208 valence electrons.